The second-order valence-electron chi connectivity index (χ2n) is 4.89. The molecule has 0 atom stereocenters. The SMILES string of the molecule is Cc1cc(CNCCCCOC(C)C)ccc1F. The molecule has 1 aromatic carbocycles. The smallest absolute Gasteiger partial charge is 0.126 e. The van der Waals surface area contributed by atoms with Crippen molar-refractivity contribution in [3.8, 4) is 0 Å². The molecule has 2 nitrogen and oxygen atoms in total. The number of ether oxygens (including phenoxy) is 1. The van der Waals surface area contributed by atoms with Crippen LogP contribution in [0, 0.1) is 12.7 Å². The maximum Gasteiger partial charge on any atom is 0.126 e. The van der Waals surface area contributed by atoms with Crippen molar-refractivity contribution in [3.63, 3.8) is 0 Å². The van der Waals surface area contributed by atoms with Gasteiger partial charge in [-0.15, -0.1) is 0 Å². The van der Waals surface area contributed by atoms with E-state index in [1.54, 1.807) is 6.92 Å². The Morgan fingerprint density at radius 1 is 1.28 bits per heavy atom. The van der Waals surface area contributed by atoms with E-state index < -0.39 is 0 Å². The van der Waals surface area contributed by atoms with Crippen LogP contribution in [0.4, 0.5) is 4.39 Å². The van der Waals surface area contributed by atoms with Gasteiger partial charge in [0, 0.05) is 13.2 Å². The van der Waals surface area contributed by atoms with E-state index in [0.29, 0.717) is 11.7 Å². The molecule has 0 spiro atoms. The van der Waals surface area contributed by atoms with Gasteiger partial charge in [0.25, 0.3) is 0 Å². The third-order valence-electron chi connectivity index (χ3n) is 2.75. The fourth-order valence-corrected chi connectivity index (χ4v) is 1.72. The van der Waals surface area contributed by atoms with Crippen LogP contribution in [0.15, 0.2) is 18.2 Å². The van der Waals surface area contributed by atoms with Crippen LogP contribution in [-0.2, 0) is 11.3 Å². The van der Waals surface area contributed by atoms with Crippen molar-refractivity contribution in [1.82, 2.24) is 5.32 Å². The van der Waals surface area contributed by atoms with Gasteiger partial charge in [-0.1, -0.05) is 12.1 Å². The van der Waals surface area contributed by atoms with E-state index >= 15 is 0 Å². The number of nitrogens with one attached hydrogen (secondary N) is 1. The summed E-state index contributed by atoms with van der Waals surface area (Å²) < 4.78 is 18.5. The van der Waals surface area contributed by atoms with E-state index in [1.165, 1.54) is 6.07 Å². The third-order valence-corrected chi connectivity index (χ3v) is 2.75. The summed E-state index contributed by atoms with van der Waals surface area (Å²) in [5.41, 5.74) is 1.84. The molecule has 1 N–H and O–H groups in total. The Labute approximate surface area is 110 Å². The summed E-state index contributed by atoms with van der Waals surface area (Å²) in [7, 11) is 0. The van der Waals surface area contributed by atoms with Gasteiger partial charge in [0.05, 0.1) is 6.10 Å². The first-order chi connectivity index (χ1) is 8.59. The van der Waals surface area contributed by atoms with Gasteiger partial charge in [0.2, 0.25) is 0 Å². The zero-order chi connectivity index (χ0) is 13.4. The van der Waals surface area contributed by atoms with Crippen LogP contribution in [-0.4, -0.2) is 19.3 Å². The van der Waals surface area contributed by atoms with Crippen LogP contribution >= 0.6 is 0 Å². The Bertz CT molecular complexity index is 352. The van der Waals surface area contributed by atoms with E-state index in [1.807, 2.05) is 12.1 Å². The first kappa shape index (κ1) is 15.1. The number of aryl methyl sites for hydroxylation is 1. The zero-order valence-corrected chi connectivity index (χ0v) is 11.6. The van der Waals surface area contributed by atoms with Crippen LogP contribution in [0.1, 0.15) is 37.8 Å². The van der Waals surface area contributed by atoms with Gasteiger partial charge in [-0.2, -0.15) is 0 Å². The molecule has 3 heteroatoms. The minimum atomic E-state index is -0.135. The molecule has 0 radical (unpaired) electrons. The zero-order valence-electron chi connectivity index (χ0n) is 11.6. The number of halogens is 1. The molecule has 0 saturated carbocycles. The molecule has 0 bridgehead atoms. The molecular weight excluding hydrogens is 229 g/mol. The van der Waals surface area contributed by atoms with Crippen LogP contribution < -0.4 is 5.32 Å². The highest BCUT2D eigenvalue weighted by Gasteiger charge is 1.99. The van der Waals surface area contributed by atoms with Crippen molar-refractivity contribution in [2.75, 3.05) is 13.2 Å². The molecular formula is C15H24FNO. The summed E-state index contributed by atoms with van der Waals surface area (Å²) in [6.45, 7) is 8.49. The van der Waals surface area contributed by atoms with E-state index in [0.717, 1.165) is 38.1 Å². The summed E-state index contributed by atoms with van der Waals surface area (Å²) >= 11 is 0. The van der Waals surface area contributed by atoms with Gasteiger partial charge < -0.3 is 10.1 Å². The van der Waals surface area contributed by atoms with Gasteiger partial charge in [0.15, 0.2) is 0 Å². The number of hydrogen-bond acceptors (Lipinski definition) is 2. The third kappa shape index (κ3) is 6.12. The molecule has 0 aliphatic carbocycles. The molecule has 1 aromatic rings. The van der Waals surface area contributed by atoms with Gasteiger partial charge in [-0.25, -0.2) is 4.39 Å². The molecule has 0 heterocycles. The minimum absolute atomic E-state index is 0.135. The standard InChI is InChI=1S/C15H24FNO/c1-12(2)18-9-5-4-8-17-11-14-6-7-15(16)13(3)10-14/h6-7,10,12,17H,4-5,8-9,11H2,1-3H3. The Balaban J connectivity index is 2.09. The van der Waals surface area contributed by atoms with Crippen molar-refractivity contribution in [2.24, 2.45) is 0 Å². The predicted octanol–water partition coefficient (Wildman–Crippen LogP) is 3.43. The van der Waals surface area contributed by atoms with Crippen LogP contribution in [0.5, 0.6) is 0 Å². The molecule has 102 valence electrons. The summed E-state index contributed by atoms with van der Waals surface area (Å²) in [6.07, 6.45) is 2.50. The first-order valence-corrected chi connectivity index (χ1v) is 6.67. The average Bonchev–Trinajstić information content (AvgIpc) is 2.32. The van der Waals surface area contributed by atoms with Crippen molar-refractivity contribution in [3.05, 3.63) is 35.1 Å². The Morgan fingerprint density at radius 2 is 2.06 bits per heavy atom. The molecule has 0 unspecified atom stereocenters. The number of rotatable bonds is 8. The van der Waals surface area contributed by atoms with E-state index in [9.17, 15) is 4.39 Å². The summed E-state index contributed by atoms with van der Waals surface area (Å²) in [6, 6.07) is 5.25. The largest absolute Gasteiger partial charge is 0.379 e. The molecule has 0 aliphatic heterocycles. The first-order valence-electron chi connectivity index (χ1n) is 6.67. The van der Waals surface area contributed by atoms with Gasteiger partial charge in [-0.3, -0.25) is 0 Å². The molecule has 0 aromatic heterocycles. The van der Waals surface area contributed by atoms with Crippen molar-refractivity contribution < 1.29 is 9.13 Å². The second-order valence-corrected chi connectivity index (χ2v) is 4.89. The maximum atomic E-state index is 13.1. The van der Waals surface area contributed by atoms with Crippen molar-refractivity contribution in [1.29, 1.82) is 0 Å². The molecule has 0 fully saturated rings. The van der Waals surface area contributed by atoms with Crippen LogP contribution in [0.2, 0.25) is 0 Å². The number of hydrogen-bond donors (Lipinski definition) is 1. The number of benzene rings is 1. The Morgan fingerprint density at radius 3 is 2.72 bits per heavy atom. The highest BCUT2D eigenvalue weighted by atomic mass is 19.1. The Kier molecular flexibility index (Phi) is 6.91. The number of unbranched alkanes of at least 4 members (excludes halogenated alkanes) is 1. The molecule has 0 amide bonds. The van der Waals surface area contributed by atoms with E-state index in [2.05, 4.69) is 19.2 Å². The lowest BCUT2D eigenvalue weighted by molar-refractivity contribution is 0.0760. The topological polar surface area (TPSA) is 21.3 Å². The molecule has 18 heavy (non-hydrogen) atoms. The average molecular weight is 253 g/mol. The van der Waals surface area contributed by atoms with Crippen molar-refractivity contribution >= 4 is 0 Å². The monoisotopic (exact) mass is 253 g/mol. The molecule has 0 aliphatic rings. The second kappa shape index (κ2) is 8.22. The highest BCUT2D eigenvalue weighted by molar-refractivity contribution is 5.23. The lowest BCUT2D eigenvalue weighted by Crippen LogP contribution is -2.15. The maximum absolute atomic E-state index is 13.1. The summed E-state index contributed by atoms with van der Waals surface area (Å²) in [4.78, 5) is 0. The molecule has 1 rings (SSSR count). The summed E-state index contributed by atoms with van der Waals surface area (Å²) in [5.74, 6) is -0.135. The van der Waals surface area contributed by atoms with Gasteiger partial charge >= 0.3 is 0 Å². The lowest BCUT2D eigenvalue weighted by atomic mass is 10.1. The highest BCUT2D eigenvalue weighted by Crippen LogP contribution is 2.08. The van der Waals surface area contributed by atoms with E-state index in [-0.39, 0.29) is 5.82 Å². The van der Waals surface area contributed by atoms with E-state index in [4.69, 9.17) is 4.74 Å². The fraction of sp³-hybridized carbons (Fsp3) is 0.600. The quantitative estimate of drug-likeness (QED) is 0.717. The summed E-state index contributed by atoms with van der Waals surface area (Å²) in [5, 5.41) is 3.36. The van der Waals surface area contributed by atoms with Crippen LogP contribution in [0.25, 0.3) is 0 Å². The minimum Gasteiger partial charge on any atom is -0.379 e. The lowest BCUT2D eigenvalue weighted by Gasteiger charge is -2.08. The van der Waals surface area contributed by atoms with Gasteiger partial charge in [0.1, 0.15) is 5.82 Å². The van der Waals surface area contributed by atoms with Crippen LogP contribution in [0.3, 0.4) is 0 Å². The molecule has 0 saturated heterocycles. The Hall–Kier alpha value is -0.930. The fourth-order valence-electron chi connectivity index (χ4n) is 1.72. The normalized spacial score (nSPS) is 11.2. The van der Waals surface area contributed by atoms with Crippen molar-refractivity contribution in [2.45, 2.75) is 46.3 Å². The predicted molar refractivity (Wildman–Crippen MR) is 73.2 cm³/mol. The van der Waals surface area contributed by atoms with Gasteiger partial charge in [-0.05, 0) is 57.4 Å².